The Balaban J connectivity index is 2.02. The van der Waals surface area contributed by atoms with E-state index in [4.69, 9.17) is 9.47 Å². The summed E-state index contributed by atoms with van der Waals surface area (Å²) in [4.78, 5) is 11.3. The number of hydrogen-bond donors (Lipinski definition) is 2. The minimum atomic E-state index is -3.73. The summed E-state index contributed by atoms with van der Waals surface area (Å²) in [6.07, 6.45) is 0. The third-order valence-corrected chi connectivity index (χ3v) is 4.66. The summed E-state index contributed by atoms with van der Waals surface area (Å²) in [5.41, 5.74) is 0.290. The maximum atomic E-state index is 12.4. The molecule has 25 heavy (non-hydrogen) atoms. The minimum Gasteiger partial charge on any atom is -0.495 e. The largest absolute Gasteiger partial charge is 0.495 e. The summed E-state index contributed by atoms with van der Waals surface area (Å²) in [6, 6.07) is 13.4. The van der Waals surface area contributed by atoms with E-state index in [9.17, 15) is 13.2 Å². The SMILES string of the molecule is COc1ccc(S(=O)(=O)NCCOc2ccccc2)cc1NC(C)=O. The summed E-state index contributed by atoms with van der Waals surface area (Å²) in [5.74, 6) is 0.720. The molecular weight excluding hydrogens is 344 g/mol. The summed E-state index contributed by atoms with van der Waals surface area (Å²) in [5, 5.41) is 2.54. The Kier molecular flexibility index (Phi) is 6.37. The van der Waals surface area contributed by atoms with E-state index in [1.165, 1.54) is 32.2 Å². The van der Waals surface area contributed by atoms with Crippen LogP contribution in [0.5, 0.6) is 11.5 Å². The van der Waals surface area contributed by atoms with E-state index in [-0.39, 0.29) is 24.0 Å². The highest BCUT2D eigenvalue weighted by Gasteiger charge is 2.16. The fraction of sp³-hybridized carbons (Fsp3) is 0.235. The number of para-hydroxylation sites is 1. The molecule has 0 aliphatic carbocycles. The summed E-state index contributed by atoms with van der Waals surface area (Å²) in [6.45, 7) is 1.64. The molecule has 0 spiro atoms. The second kappa shape index (κ2) is 8.50. The van der Waals surface area contributed by atoms with Crippen LogP contribution < -0.4 is 19.5 Å². The van der Waals surface area contributed by atoms with Crippen LogP contribution in [0.3, 0.4) is 0 Å². The third-order valence-electron chi connectivity index (χ3n) is 3.20. The smallest absolute Gasteiger partial charge is 0.240 e. The Morgan fingerprint density at radius 2 is 1.84 bits per heavy atom. The first-order valence-corrected chi connectivity index (χ1v) is 9.04. The van der Waals surface area contributed by atoms with Gasteiger partial charge in [0.2, 0.25) is 15.9 Å². The molecule has 134 valence electrons. The monoisotopic (exact) mass is 364 g/mol. The number of methoxy groups -OCH3 is 1. The highest BCUT2D eigenvalue weighted by molar-refractivity contribution is 7.89. The van der Waals surface area contributed by atoms with Gasteiger partial charge in [-0.05, 0) is 30.3 Å². The number of anilines is 1. The lowest BCUT2D eigenvalue weighted by atomic mass is 10.3. The second-order valence-corrected chi connectivity index (χ2v) is 6.87. The van der Waals surface area contributed by atoms with E-state index >= 15 is 0 Å². The lowest BCUT2D eigenvalue weighted by molar-refractivity contribution is -0.114. The van der Waals surface area contributed by atoms with E-state index in [2.05, 4.69) is 10.0 Å². The van der Waals surface area contributed by atoms with Gasteiger partial charge in [0.15, 0.2) is 0 Å². The molecule has 0 bridgehead atoms. The molecular formula is C17H20N2O5S. The number of ether oxygens (including phenoxy) is 2. The van der Waals surface area contributed by atoms with Gasteiger partial charge in [-0.1, -0.05) is 18.2 Å². The molecule has 7 nitrogen and oxygen atoms in total. The molecule has 1 amide bonds. The molecule has 0 aliphatic heterocycles. The highest BCUT2D eigenvalue weighted by Crippen LogP contribution is 2.27. The number of carbonyl (C=O) groups excluding carboxylic acids is 1. The topological polar surface area (TPSA) is 93.7 Å². The Bertz CT molecular complexity index is 822. The maximum Gasteiger partial charge on any atom is 0.240 e. The molecule has 0 atom stereocenters. The molecule has 8 heteroatoms. The molecule has 0 saturated heterocycles. The quantitative estimate of drug-likeness (QED) is 0.699. The van der Waals surface area contributed by atoms with Gasteiger partial charge in [0.05, 0.1) is 17.7 Å². The van der Waals surface area contributed by atoms with E-state index in [1.807, 2.05) is 18.2 Å². The van der Waals surface area contributed by atoms with Crippen molar-refractivity contribution in [3.8, 4) is 11.5 Å². The van der Waals surface area contributed by atoms with Crippen LogP contribution in [-0.4, -0.2) is 34.6 Å². The van der Waals surface area contributed by atoms with Crippen LogP contribution in [0.2, 0.25) is 0 Å². The van der Waals surface area contributed by atoms with Gasteiger partial charge in [0.25, 0.3) is 0 Å². The second-order valence-electron chi connectivity index (χ2n) is 5.10. The van der Waals surface area contributed by atoms with Gasteiger partial charge in [-0.3, -0.25) is 4.79 Å². The molecule has 0 aromatic heterocycles. The number of amides is 1. The molecule has 0 aliphatic rings. The standard InChI is InChI=1S/C17H20N2O5S/c1-13(20)19-16-12-15(8-9-17(16)23-2)25(21,22)18-10-11-24-14-6-4-3-5-7-14/h3-9,12,18H,10-11H2,1-2H3,(H,19,20). The highest BCUT2D eigenvalue weighted by atomic mass is 32.2. The summed E-state index contributed by atoms with van der Waals surface area (Å²) >= 11 is 0. The minimum absolute atomic E-state index is 0.0248. The number of nitrogens with one attached hydrogen (secondary N) is 2. The van der Waals surface area contributed by atoms with Crippen molar-refractivity contribution in [1.29, 1.82) is 0 Å². The van der Waals surface area contributed by atoms with Crippen LogP contribution >= 0.6 is 0 Å². The Morgan fingerprint density at radius 1 is 1.12 bits per heavy atom. The van der Waals surface area contributed by atoms with Crippen LogP contribution in [0.1, 0.15) is 6.92 Å². The Hall–Kier alpha value is -2.58. The van der Waals surface area contributed by atoms with E-state index in [1.54, 1.807) is 12.1 Å². The molecule has 0 saturated carbocycles. The van der Waals surface area contributed by atoms with Crippen molar-refractivity contribution in [2.75, 3.05) is 25.6 Å². The summed E-state index contributed by atoms with van der Waals surface area (Å²) in [7, 11) is -2.30. The molecule has 0 fully saturated rings. The van der Waals surface area contributed by atoms with Crippen molar-refractivity contribution >= 4 is 21.6 Å². The zero-order valence-corrected chi connectivity index (χ0v) is 14.8. The zero-order chi connectivity index (χ0) is 18.3. The van der Waals surface area contributed by atoms with Crippen LogP contribution in [0, 0.1) is 0 Å². The number of hydrogen-bond acceptors (Lipinski definition) is 5. The van der Waals surface area contributed by atoms with Gasteiger partial charge >= 0.3 is 0 Å². The Labute approximate surface area is 147 Å². The Morgan fingerprint density at radius 3 is 2.48 bits per heavy atom. The van der Waals surface area contributed by atoms with Gasteiger partial charge in [-0.15, -0.1) is 0 Å². The molecule has 2 N–H and O–H groups in total. The van der Waals surface area contributed by atoms with Crippen LogP contribution in [0.4, 0.5) is 5.69 Å². The molecule has 0 radical (unpaired) electrons. The molecule has 2 aromatic carbocycles. The fourth-order valence-electron chi connectivity index (χ4n) is 2.09. The van der Waals surface area contributed by atoms with Crippen molar-refractivity contribution in [3.05, 3.63) is 48.5 Å². The van der Waals surface area contributed by atoms with Crippen LogP contribution in [-0.2, 0) is 14.8 Å². The average Bonchev–Trinajstić information content (AvgIpc) is 2.59. The van der Waals surface area contributed by atoms with Crippen molar-refractivity contribution in [2.24, 2.45) is 0 Å². The first-order valence-electron chi connectivity index (χ1n) is 7.55. The number of sulfonamides is 1. The zero-order valence-electron chi connectivity index (χ0n) is 14.0. The lowest BCUT2D eigenvalue weighted by Crippen LogP contribution is -2.28. The first-order chi connectivity index (χ1) is 11.9. The average molecular weight is 364 g/mol. The number of carbonyl (C=O) groups is 1. The predicted molar refractivity (Wildman–Crippen MR) is 94.4 cm³/mol. The van der Waals surface area contributed by atoms with Crippen molar-refractivity contribution in [3.63, 3.8) is 0 Å². The number of benzene rings is 2. The predicted octanol–water partition coefficient (Wildman–Crippen LogP) is 2.01. The fourth-order valence-corrected chi connectivity index (χ4v) is 3.13. The third kappa shape index (κ3) is 5.47. The van der Waals surface area contributed by atoms with Gasteiger partial charge in [-0.25, -0.2) is 13.1 Å². The number of rotatable bonds is 8. The van der Waals surface area contributed by atoms with Gasteiger partial charge in [0, 0.05) is 13.5 Å². The molecule has 0 heterocycles. The van der Waals surface area contributed by atoms with E-state index in [0.29, 0.717) is 17.2 Å². The molecule has 2 aromatic rings. The van der Waals surface area contributed by atoms with E-state index < -0.39 is 10.0 Å². The first kappa shape index (κ1) is 18.8. The van der Waals surface area contributed by atoms with Crippen LogP contribution in [0.25, 0.3) is 0 Å². The van der Waals surface area contributed by atoms with Crippen molar-refractivity contribution < 1.29 is 22.7 Å². The maximum absolute atomic E-state index is 12.4. The molecule has 2 rings (SSSR count). The normalized spacial score (nSPS) is 11.0. The lowest BCUT2D eigenvalue weighted by Gasteiger charge is -2.12. The van der Waals surface area contributed by atoms with Crippen LogP contribution in [0.15, 0.2) is 53.4 Å². The van der Waals surface area contributed by atoms with Gasteiger partial charge in [0.1, 0.15) is 18.1 Å². The van der Waals surface area contributed by atoms with E-state index in [0.717, 1.165) is 0 Å². The van der Waals surface area contributed by atoms with Gasteiger partial charge in [-0.2, -0.15) is 0 Å². The van der Waals surface area contributed by atoms with Crippen molar-refractivity contribution in [1.82, 2.24) is 4.72 Å². The summed E-state index contributed by atoms with van der Waals surface area (Å²) < 4.78 is 37.7. The molecule has 0 unspecified atom stereocenters. The van der Waals surface area contributed by atoms with Gasteiger partial charge < -0.3 is 14.8 Å². The van der Waals surface area contributed by atoms with Crippen molar-refractivity contribution in [2.45, 2.75) is 11.8 Å².